The largest absolute Gasteiger partial charge is 0.398 e. The lowest BCUT2D eigenvalue weighted by molar-refractivity contribution is -0.105. The molecule has 0 amide bonds. The molecule has 0 radical (unpaired) electrons. The molecule has 21 heavy (non-hydrogen) atoms. The molecule has 0 spiro atoms. The minimum absolute atomic E-state index is 0.543. The van der Waals surface area contributed by atoms with Crippen LogP contribution in [0, 0.1) is 0 Å². The summed E-state index contributed by atoms with van der Waals surface area (Å²) in [5.74, 6) is -0.905. The molecule has 0 saturated carbocycles. The third-order valence-corrected chi connectivity index (χ3v) is 3.97. The van der Waals surface area contributed by atoms with Crippen LogP contribution in [0.3, 0.4) is 0 Å². The molecule has 0 fully saturated rings. The zero-order chi connectivity index (χ0) is 15.3. The number of hydrogen-bond donors (Lipinski definition) is 0. The molecular weight excluding hydrogens is 316 g/mol. The van der Waals surface area contributed by atoms with Gasteiger partial charge >= 0.3 is 6.18 Å². The van der Waals surface area contributed by atoms with Crippen LogP contribution in [0.15, 0.2) is 58.7 Å². The third kappa shape index (κ3) is 5.48. The van der Waals surface area contributed by atoms with Gasteiger partial charge in [-0.3, -0.25) is 4.98 Å². The second kappa shape index (κ2) is 7.05. The van der Waals surface area contributed by atoms with E-state index in [9.17, 15) is 13.2 Å². The molecule has 1 heterocycles. The number of pyridine rings is 1. The van der Waals surface area contributed by atoms with Crippen LogP contribution in [-0.2, 0) is 0 Å². The van der Waals surface area contributed by atoms with Crippen LogP contribution in [0.5, 0.6) is 0 Å². The smallest absolute Gasteiger partial charge is 0.265 e. The molecule has 2 nitrogen and oxygen atoms in total. The van der Waals surface area contributed by atoms with Gasteiger partial charge in [0.1, 0.15) is 0 Å². The highest BCUT2D eigenvalue weighted by Gasteiger charge is 2.27. The van der Waals surface area contributed by atoms with Crippen molar-refractivity contribution in [1.29, 1.82) is 0 Å². The summed E-state index contributed by atoms with van der Waals surface area (Å²) in [6, 6.07) is 10.4. The van der Waals surface area contributed by atoms with Crippen LogP contribution in [0.1, 0.15) is 5.56 Å². The zero-order valence-corrected chi connectivity index (χ0v) is 12.8. The van der Waals surface area contributed by atoms with Gasteiger partial charge in [-0.2, -0.15) is 13.2 Å². The zero-order valence-electron chi connectivity index (χ0n) is 10.8. The number of halogens is 3. The Morgan fingerprint density at radius 3 is 2.57 bits per heavy atom. The standard InChI is InChI=1S/C14H12F3N2PS/c15-14(16,17)9-21-12-3-1-2-11(8-12)19-13(20)10-4-6-18-7-5-10/h1-8H,9,20H2/b19-13-. The van der Waals surface area contributed by atoms with Gasteiger partial charge in [0.25, 0.3) is 0 Å². The predicted molar refractivity (Wildman–Crippen MR) is 83.4 cm³/mol. The van der Waals surface area contributed by atoms with E-state index in [1.807, 2.05) is 12.1 Å². The lowest BCUT2D eigenvalue weighted by Crippen LogP contribution is -2.10. The Hall–Kier alpha value is -1.39. The van der Waals surface area contributed by atoms with Crippen molar-refractivity contribution in [3.05, 3.63) is 54.4 Å². The van der Waals surface area contributed by atoms with Crippen molar-refractivity contribution in [2.75, 3.05) is 5.75 Å². The van der Waals surface area contributed by atoms with Gasteiger partial charge in [-0.05, 0) is 30.3 Å². The average molecular weight is 328 g/mol. The van der Waals surface area contributed by atoms with Crippen molar-refractivity contribution in [2.45, 2.75) is 11.1 Å². The Labute approximate surface area is 127 Å². The Balaban J connectivity index is 2.14. The number of aromatic nitrogens is 1. The normalized spacial score (nSPS) is 12.5. The van der Waals surface area contributed by atoms with Gasteiger partial charge in [-0.25, -0.2) is 4.99 Å². The quantitative estimate of drug-likeness (QED) is 0.462. The van der Waals surface area contributed by atoms with Crippen molar-refractivity contribution >= 4 is 32.1 Å². The highest BCUT2D eigenvalue weighted by atomic mass is 32.2. The Morgan fingerprint density at radius 2 is 1.90 bits per heavy atom. The monoisotopic (exact) mass is 328 g/mol. The summed E-state index contributed by atoms with van der Waals surface area (Å²) in [5.41, 5.74) is 2.21. The molecule has 0 aliphatic rings. The van der Waals surface area contributed by atoms with Crippen LogP contribution in [0.4, 0.5) is 18.9 Å². The van der Waals surface area contributed by atoms with Crippen molar-refractivity contribution < 1.29 is 13.2 Å². The fourth-order valence-corrected chi connectivity index (χ4v) is 2.59. The van der Waals surface area contributed by atoms with Gasteiger partial charge in [-0.15, -0.1) is 11.8 Å². The van der Waals surface area contributed by atoms with E-state index >= 15 is 0 Å². The molecule has 1 aromatic carbocycles. The maximum atomic E-state index is 12.2. The van der Waals surface area contributed by atoms with Gasteiger partial charge < -0.3 is 0 Å². The van der Waals surface area contributed by atoms with E-state index < -0.39 is 11.9 Å². The maximum absolute atomic E-state index is 12.2. The molecular formula is C14H12F3N2PS. The van der Waals surface area contributed by atoms with Gasteiger partial charge in [0.15, 0.2) is 0 Å². The summed E-state index contributed by atoms with van der Waals surface area (Å²) in [6.07, 6.45) is -0.859. The van der Waals surface area contributed by atoms with Crippen molar-refractivity contribution in [1.82, 2.24) is 4.98 Å². The lowest BCUT2D eigenvalue weighted by Gasteiger charge is -2.06. The molecule has 7 heteroatoms. The molecule has 0 aliphatic heterocycles. The molecule has 0 bridgehead atoms. The van der Waals surface area contributed by atoms with Gasteiger partial charge in [0.2, 0.25) is 0 Å². The van der Waals surface area contributed by atoms with Crippen molar-refractivity contribution in [2.24, 2.45) is 4.99 Å². The molecule has 110 valence electrons. The van der Waals surface area contributed by atoms with Crippen molar-refractivity contribution in [3.63, 3.8) is 0 Å². The minimum Gasteiger partial charge on any atom is -0.265 e. The number of benzene rings is 1. The van der Waals surface area contributed by atoms with Crippen LogP contribution in [0.25, 0.3) is 0 Å². The Morgan fingerprint density at radius 1 is 1.19 bits per heavy atom. The third-order valence-electron chi connectivity index (χ3n) is 2.45. The Kier molecular flexibility index (Phi) is 5.37. The average Bonchev–Trinajstić information content (AvgIpc) is 2.46. The van der Waals surface area contributed by atoms with Crippen LogP contribution in [0.2, 0.25) is 0 Å². The minimum atomic E-state index is -4.17. The van der Waals surface area contributed by atoms with E-state index in [1.54, 1.807) is 36.7 Å². The first-order valence-electron chi connectivity index (χ1n) is 5.98. The number of hydrogen-bond acceptors (Lipinski definition) is 3. The van der Waals surface area contributed by atoms with Gasteiger partial charge in [0, 0.05) is 22.9 Å². The molecule has 1 aromatic heterocycles. The van der Waals surface area contributed by atoms with Gasteiger partial charge in [-0.1, -0.05) is 15.3 Å². The maximum Gasteiger partial charge on any atom is 0.398 e. The van der Waals surface area contributed by atoms with E-state index in [1.165, 1.54) is 0 Å². The summed E-state index contributed by atoms with van der Waals surface area (Å²) in [6.45, 7) is 0. The summed E-state index contributed by atoms with van der Waals surface area (Å²) in [7, 11) is 2.52. The first-order valence-corrected chi connectivity index (χ1v) is 7.54. The van der Waals surface area contributed by atoms with Crippen LogP contribution >= 0.6 is 21.0 Å². The molecule has 2 rings (SSSR count). The summed E-state index contributed by atoms with van der Waals surface area (Å²) in [4.78, 5) is 8.86. The highest BCUT2D eigenvalue weighted by molar-refractivity contribution is 7.99. The number of thioether (sulfide) groups is 1. The second-order valence-corrected chi connectivity index (χ2v) is 5.73. The summed E-state index contributed by atoms with van der Waals surface area (Å²) < 4.78 is 36.6. The summed E-state index contributed by atoms with van der Waals surface area (Å²) in [5, 5.41) is 0. The fourth-order valence-electron chi connectivity index (χ4n) is 1.53. The first-order chi connectivity index (χ1) is 9.94. The molecule has 1 unspecified atom stereocenters. The van der Waals surface area contributed by atoms with Gasteiger partial charge in [0.05, 0.1) is 16.9 Å². The number of nitrogens with zero attached hydrogens (tertiary/aromatic N) is 2. The molecule has 2 aromatic rings. The molecule has 1 atom stereocenters. The van der Waals surface area contributed by atoms with E-state index in [0.29, 0.717) is 16.0 Å². The summed E-state index contributed by atoms with van der Waals surface area (Å²) >= 11 is 0.753. The van der Waals surface area contributed by atoms with Crippen LogP contribution < -0.4 is 0 Å². The number of aliphatic imine (C=N–C) groups is 1. The van der Waals surface area contributed by atoms with E-state index in [4.69, 9.17) is 0 Å². The molecule has 0 saturated heterocycles. The van der Waals surface area contributed by atoms with Crippen molar-refractivity contribution in [3.8, 4) is 0 Å². The molecule has 0 N–H and O–H groups in total. The molecule has 0 aliphatic carbocycles. The predicted octanol–water partition coefficient (Wildman–Crippen LogP) is 4.69. The second-order valence-electron chi connectivity index (χ2n) is 4.13. The van der Waals surface area contributed by atoms with Crippen LogP contribution in [-0.4, -0.2) is 22.4 Å². The highest BCUT2D eigenvalue weighted by Crippen LogP contribution is 2.29. The van der Waals surface area contributed by atoms with E-state index in [-0.39, 0.29) is 0 Å². The first kappa shape index (κ1) is 16.0. The number of rotatable bonds is 4. The Bertz CT molecular complexity index is 630. The topological polar surface area (TPSA) is 25.2 Å². The van der Waals surface area contributed by atoms with E-state index in [2.05, 4.69) is 19.2 Å². The number of alkyl halides is 3. The lowest BCUT2D eigenvalue weighted by atomic mass is 10.3. The fraction of sp³-hybridized carbons (Fsp3) is 0.143. The SMILES string of the molecule is FC(F)(F)CSc1cccc(/N=C(\P)c2ccncc2)c1. The van der Waals surface area contributed by atoms with E-state index in [0.717, 1.165) is 17.3 Å².